The molecule has 0 spiro atoms. The van der Waals surface area contributed by atoms with E-state index < -0.39 is 28.2 Å². The molecule has 0 saturated heterocycles. The summed E-state index contributed by atoms with van der Waals surface area (Å²) >= 11 is 3.43. The molecule has 13 heteroatoms. The lowest BCUT2D eigenvalue weighted by Gasteiger charge is -2.15. The minimum atomic E-state index is -1.37. The first kappa shape index (κ1) is 27.5. The number of nitro benzene ring substituents is 1. The van der Waals surface area contributed by atoms with Crippen molar-refractivity contribution in [1.82, 2.24) is 9.66 Å². The van der Waals surface area contributed by atoms with Crippen molar-refractivity contribution in [2.24, 2.45) is 5.10 Å². The number of nitro groups is 1. The van der Waals surface area contributed by atoms with E-state index in [0.29, 0.717) is 16.5 Å². The van der Waals surface area contributed by atoms with Gasteiger partial charge >= 0.3 is 11.7 Å². The van der Waals surface area contributed by atoms with Gasteiger partial charge < -0.3 is 19.0 Å². The van der Waals surface area contributed by atoms with Crippen molar-refractivity contribution in [3.63, 3.8) is 0 Å². The third-order valence-electron chi connectivity index (χ3n) is 5.97. The molecule has 0 bridgehead atoms. The molecule has 2 heterocycles. The number of carboxylic acid groups (broad SMARTS) is 1. The van der Waals surface area contributed by atoms with E-state index in [-0.39, 0.29) is 35.3 Å². The van der Waals surface area contributed by atoms with Crippen LogP contribution in [0.5, 0.6) is 11.5 Å². The SMILES string of the molecule is CCOc1cc(C=Nn2c(-c3cc4cc(Br)ccc4o3)nc3ccccc3c2=O)cc([N+](=O)[O-])c1O[C@@H](C)C(=O)O. The molecule has 1 N–H and O–H groups in total. The molecule has 3 aromatic carbocycles. The number of nitrogens with zero attached hydrogens (tertiary/aromatic N) is 4. The molecule has 41 heavy (non-hydrogen) atoms. The quantitative estimate of drug-likeness (QED) is 0.125. The Kier molecular flexibility index (Phi) is 7.53. The van der Waals surface area contributed by atoms with Crippen LogP contribution in [-0.2, 0) is 4.79 Å². The van der Waals surface area contributed by atoms with Gasteiger partial charge in [-0.15, -0.1) is 0 Å². The van der Waals surface area contributed by atoms with E-state index in [9.17, 15) is 24.8 Å². The van der Waals surface area contributed by atoms with Crippen LogP contribution < -0.4 is 15.0 Å². The fourth-order valence-corrected chi connectivity index (χ4v) is 4.44. The summed E-state index contributed by atoms with van der Waals surface area (Å²) in [7, 11) is 0. The number of benzene rings is 3. The lowest BCUT2D eigenvalue weighted by atomic mass is 10.1. The number of hydrogen-bond acceptors (Lipinski definition) is 9. The Labute approximate surface area is 239 Å². The van der Waals surface area contributed by atoms with Crippen molar-refractivity contribution in [1.29, 1.82) is 0 Å². The molecule has 208 valence electrons. The number of rotatable bonds is 9. The molecule has 5 rings (SSSR count). The van der Waals surface area contributed by atoms with Crippen LogP contribution in [0.1, 0.15) is 19.4 Å². The van der Waals surface area contributed by atoms with Gasteiger partial charge in [-0.1, -0.05) is 28.1 Å². The zero-order chi connectivity index (χ0) is 29.3. The zero-order valence-corrected chi connectivity index (χ0v) is 23.2. The van der Waals surface area contributed by atoms with E-state index in [1.165, 1.54) is 19.2 Å². The van der Waals surface area contributed by atoms with Gasteiger partial charge in [-0.2, -0.15) is 9.78 Å². The Morgan fingerprint density at radius 2 is 2.02 bits per heavy atom. The van der Waals surface area contributed by atoms with Crippen molar-refractivity contribution in [2.45, 2.75) is 20.0 Å². The van der Waals surface area contributed by atoms with Crippen LogP contribution in [0.15, 0.2) is 79.4 Å². The lowest BCUT2D eigenvalue weighted by Crippen LogP contribution is -2.23. The number of carboxylic acids is 1. The standard InChI is InChI=1S/C28H21BrN4O8/c1-3-39-23-11-16(10-21(33(37)38)25(23)40-15(2)28(35)36)14-30-32-26(31-20-7-5-4-6-19(20)27(32)34)24-13-17-12-18(29)8-9-22(17)41-24/h4-15H,3H2,1-2H3,(H,35,36)/t15-/m0/s1. The summed E-state index contributed by atoms with van der Waals surface area (Å²) in [4.78, 5) is 40.7. The molecular formula is C28H21BrN4O8. The van der Waals surface area contributed by atoms with Crippen LogP contribution in [0.2, 0.25) is 0 Å². The molecular weight excluding hydrogens is 600 g/mol. The van der Waals surface area contributed by atoms with E-state index in [1.54, 1.807) is 43.3 Å². The highest BCUT2D eigenvalue weighted by molar-refractivity contribution is 9.10. The van der Waals surface area contributed by atoms with Crippen molar-refractivity contribution in [3.8, 4) is 23.1 Å². The average molecular weight is 621 g/mol. The van der Waals surface area contributed by atoms with Gasteiger partial charge in [0.1, 0.15) is 5.58 Å². The third-order valence-corrected chi connectivity index (χ3v) is 6.46. The minimum absolute atomic E-state index is 0.0525. The Hall–Kier alpha value is -5.04. The smallest absolute Gasteiger partial charge is 0.344 e. The number of carbonyl (C=O) groups is 1. The first-order chi connectivity index (χ1) is 19.7. The molecule has 0 saturated carbocycles. The lowest BCUT2D eigenvalue weighted by molar-refractivity contribution is -0.386. The van der Waals surface area contributed by atoms with E-state index in [4.69, 9.17) is 13.9 Å². The van der Waals surface area contributed by atoms with E-state index in [2.05, 4.69) is 26.0 Å². The fraction of sp³-hybridized carbons (Fsp3) is 0.143. The second kappa shape index (κ2) is 11.2. The number of para-hydroxylation sites is 1. The van der Waals surface area contributed by atoms with Gasteiger partial charge in [-0.3, -0.25) is 14.9 Å². The van der Waals surface area contributed by atoms with Gasteiger partial charge in [0, 0.05) is 21.5 Å². The summed E-state index contributed by atoms with van der Waals surface area (Å²) in [5.74, 6) is -1.29. The molecule has 0 aliphatic carbocycles. The van der Waals surface area contributed by atoms with Crippen LogP contribution >= 0.6 is 15.9 Å². The van der Waals surface area contributed by atoms with Crippen molar-refractivity contribution in [3.05, 3.63) is 91.2 Å². The maximum absolute atomic E-state index is 13.5. The topological polar surface area (TPSA) is 159 Å². The molecule has 0 unspecified atom stereocenters. The Morgan fingerprint density at radius 1 is 1.24 bits per heavy atom. The summed E-state index contributed by atoms with van der Waals surface area (Å²) < 4.78 is 18.8. The number of aromatic nitrogens is 2. The number of halogens is 1. The number of hydrogen-bond donors (Lipinski definition) is 1. The molecule has 5 aromatic rings. The Balaban J connectivity index is 1.67. The Morgan fingerprint density at radius 3 is 2.76 bits per heavy atom. The predicted octanol–water partition coefficient (Wildman–Crippen LogP) is 5.61. The molecule has 0 aliphatic heterocycles. The second-order valence-corrected chi connectivity index (χ2v) is 9.68. The number of ether oxygens (including phenoxy) is 2. The van der Waals surface area contributed by atoms with E-state index in [0.717, 1.165) is 20.6 Å². The predicted molar refractivity (Wildman–Crippen MR) is 154 cm³/mol. The normalized spacial score (nSPS) is 12.2. The Bertz CT molecular complexity index is 1910. The zero-order valence-electron chi connectivity index (χ0n) is 21.6. The van der Waals surface area contributed by atoms with Gasteiger partial charge in [0.25, 0.3) is 5.56 Å². The summed E-state index contributed by atoms with van der Waals surface area (Å²) in [5.41, 5.74) is 0.180. The van der Waals surface area contributed by atoms with Crippen molar-refractivity contribution < 1.29 is 28.7 Å². The summed E-state index contributed by atoms with van der Waals surface area (Å²) in [6.45, 7) is 3.03. The molecule has 0 radical (unpaired) electrons. The van der Waals surface area contributed by atoms with E-state index in [1.807, 2.05) is 12.1 Å². The molecule has 0 amide bonds. The number of aliphatic carboxylic acids is 1. The van der Waals surface area contributed by atoms with Gasteiger partial charge in [-0.05, 0) is 56.3 Å². The fourth-order valence-electron chi connectivity index (χ4n) is 4.07. The first-order valence-corrected chi connectivity index (χ1v) is 13.1. The van der Waals surface area contributed by atoms with Crippen molar-refractivity contribution >= 4 is 55.7 Å². The van der Waals surface area contributed by atoms with Crippen LogP contribution in [0.3, 0.4) is 0 Å². The summed E-state index contributed by atoms with van der Waals surface area (Å²) in [5, 5.41) is 26.6. The summed E-state index contributed by atoms with van der Waals surface area (Å²) in [6, 6.07) is 16.5. The van der Waals surface area contributed by atoms with Gasteiger partial charge in [-0.25, -0.2) is 9.78 Å². The largest absolute Gasteiger partial charge is 0.490 e. The van der Waals surface area contributed by atoms with Gasteiger partial charge in [0.2, 0.25) is 11.6 Å². The van der Waals surface area contributed by atoms with Gasteiger partial charge in [0.15, 0.2) is 17.6 Å². The van der Waals surface area contributed by atoms with Gasteiger partial charge in [0.05, 0.1) is 28.6 Å². The van der Waals surface area contributed by atoms with Crippen LogP contribution in [0, 0.1) is 10.1 Å². The average Bonchev–Trinajstić information content (AvgIpc) is 3.36. The second-order valence-electron chi connectivity index (χ2n) is 8.76. The monoisotopic (exact) mass is 620 g/mol. The summed E-state index contributed by atoms with van der Waals surface area (Å²) in [6.07, 6.45) is -0.137. The van der Waals surface area contributed by atoms with Crippen LogP contribution in [-0.4, -0.2) is 44.6 Å². The minimum Gasteiger partial charge on any atom is -0.490 e. The maximum Gasteiger partial charge on any atom is 0.344 e. The first-order valence-electron chi connectivity index (χ1n) is 12.3. The number of furan rings is 1. The van der Waals surface area contributed by atoms with Crippen molar-refractivity contribution in [2.75, 3.05) is 6.61 Å². The van der Waals surface area contributed by atoms with Crippen LogP contribution in [0.25, 0.3) is 33.5 Å². The molecule has 2 aromatic heterocycles. The molecule has 12 nitrogen and oxygen atoms in total. The van der Waals surface area contributed by atoms with E-state index >= 15 is 0 Å². The maximum atomic E-state index is 13.5. The number of fused-ring (bicyclic) bond motifs is 2. The highest BCUT2D eigenvalue weighted by Crippen LogP contribution is 2.39. The molecule has 1 atom stereocenters. The van der Waals surface area contributed by atoms with Crippen LogP contribution in [0.4, 0.5) is 5.69 Å². The third kappa shape index (κ3) is 5.52. The molecule has 0 fully saturated rings. The molecule has 0 aliphatic rings. The highest BCUT2D eigenvalue weighted by atomic mass is 79.9. The highest BCUT2D eigenvalue weighted by Gasteiger charge is 2.26.